The molecule has 0 spiro atoms. The summed E-state index contributed by atoms with van der Waals surface area (Å²) in [5.41, 5.74) is 10.1. The minimum atomic E-state index is -2.78. The van der Waals surface area contributed by atoms with Gasteiger partial charge in [0.15, 0.2) is 6.29 Å². The first-order valence-corrected chi connectivity index (χ1v) is 3.82. The van der Waals surface area contributed by atoms with Crippen LogP contribution in [0.4, 0.5) is 14.6 Å². The molecular formula is C8H9F2N3O. The number of aldehydes is 1. The van der Waals surface area contributed by atoms with E-state index in [1.807, 2.05) is 0 Å². The van der Waals surface area contributed by atoms with Crippen LogP contribution in [0.3, 0.4) is 0 Å². The zero-order chi connectivity index (χ0) is 10.7. The van der Waals surface area contributed by atoms with Gasteiger partial charge in [-0.05, 0) is 6.07 Å². The van der Waals surface area contributed by atoms with E-state index < -0.39 is 12.1 Å². The number of carbonyl (C=O) groups excluding carboxylic acids is 1. The molecule has 6 heteroatoms. The number of alkyl halides is 2. The summed E-state index contributed by atoms with van der Waals surface area (Å²) in [6.07, 6.45) is -2.35. The van der Waals surface area contributed by atoms with Crippen LogP contribution in [0.25, 0.3) is 0 Å². The number of hydrogen-bond donors (Lipinski definition) is 2. The van der Waals surface area contributed by atoms with Gasteiger partial charge in [-0.2, -0.15) is 0 Å². The topological polar surface area (TPSA) is 82.0 Å². The molecule has 14 heavy (non-hydrogen) atoms. The number of halogens is 2. The highest BCUT2D eigenvalue weighted by molar-refractivity contribution is 5.79. The van der Waals surface area contributed by atoms with Crippen LogP contribution in [0.5, 0.6) is 0 Å². The molecule has 0 atom stereocenters. The summed E-state index contributed by atoms with van der Waals surface area (Å²) >= 11 is 0. The Morgan fingerprint density at radius 2 is 2.21 bits per heavy atom. The van der Waals surface area contributed by atoms with Gasteiger partial charge in [0, 0.05) is 17.7 Å². The summed E-state index contributed by atoms with van der Waals surface area (Å²) < 4.78 is 24.8. The van der Waals surface area contributed by atoms with Gasteiger partial charge in [0.2, 0.25) is 0 Å². The molecule has 0 aromatic carbocycles. The Hall–Kier alpha value is -1.56. The summed E-state index contributed by atoms with van der Waals surface area (Å²) in [6.45, 7) is -0.166. The Labute approximate surface area is 78.9 Å². The maximum Gasteiger partial charge on any atom is 0.280 e. The standard InChI is InChI=1S/C8H9F2N3O/c9-8(10)7-5(2-11)4(3-14)1-6(12)13-7/h1,3,8H,2,11H2,(H2,12,13). The fourth-order valence-corrected chi connectivity index (χ4v) is 1.14. The van der Waals surface area contributed by atoms with Crippen LogP contribution in [-0.4, -0.2) is 11.3 Å². The fourth-order valence-electron chi connectivity index (χ4n) is 1.14. The van der Waals surface area contributed by atoms with Crippen molar-refractivity contribution >= 4 is 12.1 Å². The minimum absolute atomic E-state index is 0.0456. The van der Waals surface area contributed by atoms with Gasteiger partial charge in [-0.15, -0.1) is 0 Å². The highest BCUT2D eigenvalue weighted by Gasteiger charge is 2.17. The lowest BCUT2D eigenvalue weighted by molar-refractivity contribution is 0.112. The molecule has 1 aromatic rings. The van der Waals surface area contributed by atoms with Crippen molar-refractivity contribution in [2.45, 2.75) is 13.0 Å². The van der Waals surface area contributed by atoms with Gasteiger partial charge < -0.3 is 11.5 Å². The first-order chi connectivity index (χ1) is 6.60. The van der Waals surface area contributed by atoms with Crippen molar-refractivity contribution in [3.63, 3.8) is 0 Å². The summed E-state index contributed by atoms with van der Waals surface area (Å²) in [6, 6.07) is 1.22. The first-order valence-electron chi connectivity index (χ1n) is 3.82. The molecule has 0 saturated heterocycles. The molecule has 0 aliphatic carbocycles. The number of anilines is 1. The van der Waals surface area contributed by atoms with Crippen molar-refractivity contribution in [2.24, 2.45) is 5.73 Å². The van der Waals surface area contributed by atoms with Crippen LogP contribution in [-0.2, 0) is 6.54 Å². The fraction of sp³-hybridized carbons (Fsp3) is 0.250. The molecule has 0 unspecified atom stereocenters. The number of nitrogen functional groups attached to an aromatic ring is 1. The normalized spacial score (nSPS) is 10.6. The van der Waals surface area contributed by atoms with Gasteiger partial charge in [-0.25, -0.2) is 13.8 Å². The van der Waals surface area contributed by atoms with Crippen LogP contribution in [0.2, 0.25) is 0 Å². The van der Waals surface area contributed by atoms with Crippen LogP contribution >= 0.6 is 0 Å². The molecule has 1 heterocycles. The largest absolute Gasteiger partial charge is 0.384 e. The summed E-state index contributed by atoms with van der Waals surface area (Å²) in [5.74, 6) is -0.111. The predicted octanol–water partition coefficient (Wildman–Crippen LogP) is 0.873. The van der Waals surface area contributed by atoms with Crippen molar-refractivity contribution < 1.29 is 13.6 Å². The molecule has 4 N–H and O–H groups in total. The van der Waals surface area contributed by atoms with E-state index in [9.17, 15) is 13.6 Å². The van der Waals surface area contributed by atoms with Crippen LogP contribution < -0.4 is 11.5 Å². The number of aromatic nitrogens is 1. The third kappa shape index (κ3) is 1.85. The Kier molecular flexibility index (Phi) is 3.08. The van der Waals surface area contributed by atoms with Gasteiger partial charge in [-0.1, -0.05) is 0 Å². The highest BCUT2D eigenvalue weighted by Crippen LogP contribution is 2.24. The van der Waals surface area contributed by atoms with Crippen molar-refractivity contribution in [1.82, 2.24) is 4.98 Å². The van der Waals surface area contributed by atoms with Crippen molar-refractivity contribution in [2.75, 3.05) is 5.73 Å². The van der Waals surface area contributed by atoms with Gasteiger partial charge in [0.05, 0.1) is 0 Å². The Bertz CT molecular complexity index is 355. The molecule has 0 aliphatic rings. The van der Waals surface area contributed by atoms with E-state index in [2.05, 4.69) is 4.98 Å². The van der Waals surface area contributed by atoms with E-state index in [-0.39, 0.29) is 23.5 Å². The Morgan fingerprint density at radius 3 is 2.64 bits per heavy atom. The number of nitrogens with zero attached hydrogens (tertiary/aromatic N) is 1. The van der Waals surface area contributed by atoms with Gasteiger partial charge in [0.25, 0.3) is 6.43 Å². The van der Waals surface area contributed by atoms with Crippen molar-refractivity contribution in [3.05, 3.63) is 22.9 Å². The second-order valence-corrected chi connectivity index (χ2v) is 2.62. The van der Waals surface area contributed by atoms with Crippen LogP contribution in [0, 0.1) is 0 Å². The molecule has 0 fully saturated rings. The maximum absolute atomic E-state index is 12.4. The maximum atomic E-state index is 12.4. The van der Waals surface area contributed by atoms with Crippen LogP contribution in [0.1, 0.15) is 28.0 Å². The number of nitrogens with two attached hydrogens (primary N) is 2. The smallest absolute Gasteiger partial charge is 0.280 e. The molecule has 0 amide bonds. The zero-order valence-electron chi connectivity index (χ0n) is 7.21. The van der Waals surface area contributed by atoms with Gasteiger partial charge in [-0.3, -0.25) is 4.79 Å². The Balaban J connectivity index is 3.39. The van der Waals surface area contributed by atoms with E-state index in [0.717, 1.165) is 0 Å². The van der Waals surface area contributed by atoms with E-state index in [1.54, 1.807) is 0 Å². The average Bonchev–Trinajstić information content (AvgIpc) is 2.16. The zero-order valence-corrected chi connectivity index (χ0v) is 7.21. The molecular weight excluding hydrogens is 192 g/mol. The van der Waals surface area contributed by atoms with E-state index in [0.29, 0.717) is 6.29 Å². The number of rotatable bonds is 3. The minimum Gasteiger partial charge on any atom is -0.384 e. The number of pyridine rings is 1. The molecule has 0 radical (unpaired) electrons. The lowest BCUT2D eigenvalue weighted by Crippen LogP contribution is -2.10. The summed E-state index contributed by atoms with van der Waals surface area (Å²) in [4.78, 5) is 14.0. The lowest BCUT2D eigenvalue weighted by Gasteiger charge is -2.09. The SMILES string of the molecule is NCc1c(C=O)cc(N)nc1C(F)F. The predicted molar refractivity (Wildman–Crippen MR) is 46.9 cm³/mol. The second kappa shape index (κ2) is 4.10. The molecule has 0 saturated carbocycles. The van der Waals surface area contributed by atoms with Crippen molar-refractivity contribution in [1.29, 1.82) is 0 Å². The molecule has 1 aromatic heterocycles. The van der Waals surface area contributed by atoms with E-state index in [1.165, 1.54) is 6.07 Å². The summed E-state index contributed by atoms with van der Waals surface area (Å²) in [7, 11) is 0. The molecule has 76 valence electrons. The van der Waals surface area contributed by atoms with Crippen molar-refractivity contribution in [3.8, 4) is 0 Å². The third-order valence-electron chi connectivity index (χ3n) is 1.75. The Morgan fingerprint density at radius 1 is 1.57 bits per heavy atom. The first kappa shape index (κ1) is 10.5. The van der Waals surface area contributed by atoms with Gasteiger partial charge >= 0.3 is 0 Å². The number of carbonyl (C=O) groups is 1. The van der Waals surface area contributed by atoms with E-state index in [4.69, 9.17) is 11.5 Å². The molecule has 4 nitrogen and oxygen atoms in total. The third-order valence-corrected chi connectivity index (χ3v) is 1.75. The quantitative estimate of drug-likeness (QED) is 0.711. The van der Waals surface area contributed by atoms with Crippen LogP contribution in [0.15, 0.2) is 6.07 Å². The van der Waals surface area contributed by atoms with Gasteiger partial charge in [0.1, 0.15) is 11.5 Å². The highest BCUT2D eigenvalue weighted by atomic mass is 19.3. The molecule has 0 aliphatic heterocycles. The second-order valence-electron chi connectivity index (χ2n) is 2.62. The molecule has 1 rings (SSSR count). The lowest BCUT2D eigenvalue weighted by atomic mass is 10.1. The number of hydrogen-bond acceptors (Lipinski definition) is 4. The summed E-state index contributed by atoms with van der Waals surface area (Å²) in [5, 5.41) is 0. The van der Waals surface area contributed by atoms with E-state index >= 15 is 0 Å². The average molecular weight is 201 g/mol. The molecule has 0 bridgehead atoms. The monoisotopic (exact) mass is 201 g/mol.